The van der Waals surface area contributed by atoms with Gasteiger partial charge in [0.15, 0.2) is 0 Å². The summed E-state index contributed by atoms with van der Waals surface area (Å²) in [7, 11) is 0. The normalized spacial score (nSPS) is 26.9. The van der Waals surface area contributed by atoms with Crippen LogP contribution in [0.2, 0.25) is 0 Å². The standard InChI is InChI=1S/C10H21N3O/c1-7(2)10(14)13-6-8-3-9(4-11)12-5-8/h7-9,12H,3-6,11H2,1-2H3,(H,13,14)/t8-,9+/m1/s1. The Morgan fingerprint density at radius 2 is 2.36 bits per heavy atom. The lowest BCUT2D eigenvalue weighted by Gasteiger charge is -2.12. The fraction of sp³-hybridized carbons (Fsp3) is 0.900. The highest BCUT2D eigenvalue weighted by atomic mass is 16.1. The summed E-state index contributed by atoms with van der Waals surface area (Å²) in [6, 6.07) is 0.441. The Morgan fingerprint density at radius 3 is 2.86 bits per heavy atom. The van der Waals surface area contributed by atoms with Gasteiger partial charge in [-0.3, -0.25) is 4.79 Å². The zero-order valence-electron chi connectivity index (χ0n) is 9.05. The smallest absolute Gasteiger partial charge is 0.222 e. The minimum absolute atomic E-state index is 0.0784. The van der Waals surface area contributed by atoms with Crippen LogP contribution < -0.4 is 16.4 Å². The third-order valence-corrected chi connectivity index (χ3v) is 2.69. The highest BCUT2D eigenvalue weighted by molar-refractivity contribution is 5.77. The summed E-state index contributed by atoms with van der Waals surface area (Å²) in [4.78, 5) is 11.3. The molecule has 14 heavy (non-hydrogen) atoms. The molecule has 4 nitrogen and oxygen atoms in total. The predicted molar refractivity (Wildman–Crippen MR) is 56.8 cm³/mol. The largest absolute Gasteiger partial charge is 0.356 e. The first kappa shape index (κ1) is 11.5. The van der Waals surface area contributed by atoms with Crippen molar-refractivity contribution < 1.29 is 4.79 Å². The van der Waals surface area contributed by atoms with E-state index in [0.29, 0.717) is 18.5 Å². The number of hydrogen-bond donors (Lipinski definition) is 3. The van der Waals surface area contributed by atoms with E-state index in [9.17, 15) is 4.79 Å². The fourth-order valence-corrected chi connectivity index (χ4v) is 1.69. The van der Waals surface area contributed by atoms with Crippen molar-refractivity contribution in [3.05, 3.63) is 0 Å². The summed E-state index contributed by atoms with van der Waals surface area (Å²) in [5, 5.41) is 6.28. The Hall–Kier alpha value is -0.610. The van der Waals surface area contributed by atoms with E-state index in [1.165, 1.54) is 0 Å². The van der Waals surface area contributed by atoms with E-state index in [2.05, 4.69) is 10.6 Å². The number of carbonyl (C=O) groups is 1. The van der Waals surface area contributed by atoms with Crippen molar-refractivity contribution in [2.45, 2.75) is 26.3 Å². The molecule has 1 fully saturated rings. The van der Waals surface area contributed by atoms with Gasteiger partial charge in [0.25, 0.3) is 0 Å². The SMILES string of the molecule is CC(C)C(=O)NC[C@H]1CN[C@H](CN)C1. The highest BCUT2D eigenvalue weighted by Crippen LogP contribution is 2.11. The van der Waals surface area contributed by atoms with Gasteiger partial charge in [-0.05, 0) is 12.3 Å². The van der Waals surface area contributed by atoms with Gasteiger partial charge < -0.3 is 16.4 Å². The van der Waals surface area contributed by atoms with Gasteiger partial charge in [0, 0.05) is 31.6 Å². The van der Waals surface area contributed by atoms with Crippen LogP contribution in [0.3, 0.4) is 0 Å². The van der Waals surface area contributed by atoms with Gasteiger partial charge in [-0.2, -0.15) is 0 Å². The molecule has 0 aromatic carbocycles. The van der Waals surface area contributed by atoms with Crippen LogP contribution in [0.4, 0.5) is 0 Å². The minimum atomic E-state index is 0.0784. The first-order valence-corrected chi connectivity index (χ1v) is 5.34. The van der Waals surface area contributed by atoms with Crippen LogP contribution in [0, 0.1) is 11.8 Å². The summed E-state index contributed by atoms with van der Waals surface area (Å²) in [5.41, 5.74) is 5.55. The monoisotopic (exact) mass is 199 g/mol. The lowest BCUT2D eigenvalue weighted by Crippen LogP contribution is -2.33. The number of nitrogens with two attached hydrogens (primary N) is 1. The Labute approximate surface area is 85.6 Å². The third kappa shape index (κ3) is 3.27. The number of nitrogens with one attached hydrogen (secondary N) is 2. The van der Waals surface area contributed by atoms with Gasteiger partial charge in [0.1, 0.15) is 0 Å². The van der Waals surface area contributed by atoms with Gasteiger partial charge in [-0.1, -0.05) is 13.8 Å². The Morgan fingerprint density at radius 1 is 1.64 bits per heavy atom. The zero-order chi connectivity index (χ0) is 10.6. The van der Waals surface area contributed by atoms with E-state index < -0.39 is 0 Å². The molecule has 0 aliphatic carbocycles. The molecule has 0 radical (unpaired) electrons. The summed E-state index contributed by atoms with van der Waals surface area (Å²) in [6.45, 7) is 6.26. The fourth-order valence-electron chi connectivity index (χ4n) is 1.69. The second-order valence-electron chi connectivity index (χ2n) is 4.34. The topological polar surface area (TPSA) is 67.2 Å². The first-order chi connectivity index (χ1) is 6.63. The molecule has 0 aromatic rings. The third-order valence-electron chi connectivity index (χ3n) is 2.69. The molecule has 1 heterocycles. The molecule has 1 amide bonds. The molecule has 0 bridgehead atoms. The lowest BCUT2D eigenvalue weighted by molar-refractivity contribution is -0.124. The molecule has 1 aliphatic heterocycles. The van der Waals surface area contributed by atoms with Crippen molar-refractivity contribution in [1.29, 1.82) is 0 Å². The molecular weight excluding hydrogens is 178 g/mol. The first-order valence-electron chi connectivity index (χ1n) is 5.34. The molecule has 1 saturated heterocycles. The van der Waals surface area contributed by atoms with Crippen molar-refractivity contribution in [3.63, 3.8) is 0 Å². The average Bonchev–Trinajstić information content (AvgIpc) is 2.61. The van der Waals surface area contributed by atoms with Gasteiger partial charge in [-0.25, -0.2) is 0 Å². The number of rotatable bonds is 4. The van der Waals surface area contributed by atoms with E-state index in [-0.39, 0.29) is 11.8 Å². The van der Waals surface area contributed by atoms with Crippen LogP contribution >= 0.6 is 0 Å². The van der Waals surface area contributed by atoms with E-state index in [1.807, 2.05) is 13.8 Å². The summed E-state index contributed by atoms with van der Waals surface area (Å²) >= 11 is 0. The Balaban J connectivity index is 2.17. The van der Waals surface area contributed by atoms with Crippen molar-refractivity contribution in [2.75, 3.05) is 19.6 Å². The molecule has 4 heteroatoms. The minimum Gasteiger partial charge on any atom is -0.356 e. The molecule has 1 rings (SSSR count). The van der Waals surface area contributed by atoms with Gasteiger partial charge in [0.05, 0.1) is 0 Å². The van der Waals surface area contributed by atoms with E-state index in [0.717, 1.165) is 19.5 Å². The Bertz CT molecular complexity index is 194. The maximum absolute atomic E-state index is 11.3. The predicted octanol–water partition coefficient (Wildman–Crippen LogP) is -0.305. The van der Waals surface area contributed by atoms with E-state index >= 15 is 0 Å². The van der Waals surface area contributed by atoms with Gasteiger partial charge in [0.2, 0.25) is 5.91 Å². The maximum Gasteiger partial charge on any atom is 0.222 e. The molecule has 82 valence electrons. The second kappa shape index (κ2) is 5.32. The quantitative estimate of drug-likeness (QED) is 0.582. The van der Waals surface area contributed by atoms with E-state index in [1.54, 1.807) is 0 Å². The molecule has 0 spiro atoms. The van der Waals surface area contributed by atoms with Crippen LogP contribution in [0.15, 0.2) is 0 Å². The van der Waals surface area contributed by atoms with Crippen LogP contribution in [0.5, 0.6) is 0 Å². The molecule has 4 N–H and O–H groups in total. The zero-order valence-corrected chi connectivity index (χ0v) is 9.05. The summed E-state index contributed by atoms with van der Waals surface area (Å²) < 4.78 is 0. The Kier molecular flexibility index (Phi) is 4.35. The van der Waals surface area contributed by atoms with Gasteiger partial charge in [-0.15, -0.1) is 0 Å². The van der Waals surface area contributed by atoms with Crippen molar-refractivity contribution in [3.8, 4) is 0 Å². The molecule has 0 saturated carbocycles. The number of hydrogen-bond acceptors (Lipinski definition) is 3. The average molecular weight is 199 g/mol. The highest BCUT2D eigenvalue weighted by Gasteiger charge is 2.23. The van der Waals surface area contributed by atoms with Crippen molar-refractivity contribution in [2.24, 2.45) is 17.6 Å². The van der Waals surface area contributed by atoms with Crippen LogP contribution in [-0.4, -0.2) is 31.6 Å². The van der Waals surface area contributed by atoms with Crippen molar-refractivity contribution >= 4 is 5.91 Å². The number of carbonyl (C=O) groups excluding carboxylic acids is 1. The molecule has 2 atom stereocenters. The van der Waals surface area contributed by atoms with Crippen LogP contribution in [0.1, 0.15) is 20.3 Å². The van der Waals surface area contributed by atoms with Crippen LogP contribution in [0.25, 0.3) is 0 Å². The van der Waals surface area contributed by atoms with E-state index in [4.69, 9.17) is 5.73 Å². The molecule has 1 aliphatic rings. The van der Waals surface area contributed by atoms with Crippen LogP contribution in [-0.2, 0) is 4.79 Å². The molecule has 0 unspecified atom stereocenters. The lowest BCUT2D eigenvalue weighted by atomic mass is 10.1. The van der Waals surface area contributed by atoms with Gasteiger partial charge >= 0.3 is 0 Å². The molecule has 0 aromatic heterocycles. The molecular formula is C10H21N3O. The number of amides is 1. The van der Waals surface area contributed by atoms with Crippen molar-refractivity contribution in [1.82, 2.24) is 10.6 Å². The second-order valence-corrected chi connectivity index (χ2v) is 4.34. The summed E-state index contributed by atoms with van der Waals surface area (Å²) in [6.07, 6.45) is 1.08. The maximum atomic E-state index is 11.3. The summed E-state index contributed by atoms with van der Waals surface area (Å²) in [5.74, 6) is 0.766.